The van der Waals surface area contributed by atoms with Crippen LogP contribution in [0.2, 0.25) is 0 Å². The zero-order chi connectivity index (χ0) is 18.5. The number of aromatic amines is 1. The van der Waals surface area contributed by atoms with E-state index < -0.39 is 0 Å². The molecule has 0 unspecified atom stereocenters. The molecule has 0 bridgehead atoms. The minimum atomic E-state index is -0.389. The molecule has 26 heavy (non-hydrogen) atoms. The standard InChI is InChI=1S/C19H16FN3O3/c20-15-5-1-3-13(9-15)11-18(25)21-16-6-2-4-14(10-16)12-23-19(26)8-7-17(24)22-23/h1-10H,11-12H2,(H,21,25)(H,22,24). The van der Waals surface area contributed by atoms with Gasteiger partial charge in [-0.15, -0.1) is 0 Å². The van der Waals surface area contributed by atoms with E-state index in [9.17, 15) is 18.8 Å². The number of hydrogen-bond donors (Lipinski definition) is 2. The lowest BCUT2D eigenvalue weighted by atomic mass is 10.1. The molecule has 7 heteroatoms. The molecule has 0 aliphatic rings. The maximum atomic E-state index is 13.2. The zero-order valence-electron chi connectivity index (χ0n) is 13.7. The van der Waals surface area contributed by atoms with E-state index in [0.717, 1.165) is 5.56 Å². The van der Waals surface area contributed by atoms with Gasteiger partial charge in [0.05, 0.1) is 13.0 Å². The number of anilines is 1. The summed E-state index contributed by atoms with van der Waals surface area (Å²) in [7, 11) is 0. The second-order valence-corrected chi connectivity index (χ2v) is 5.79. The zero-order valence-corrected chi connectivity index (χ0v) is 13.7. The van der Waals surface area contributed by atoms with Crippen LogP contribution < -0.4 is 16.4 Å². The Labute approximate surface area is 147 Å². The lowest BCUT2D eigenvalue weighted by Gasteiger charge is -2.09. The summed E-state index contributed by atoms with van der Waals surface area (Å²) < 4.78 is 14.4. The normalized spacial score (nSPS) is 10.5. The van der Waals surface area contributed by atoms with Gasteiger partial charge in [0.2, 0.25) is 5.91 Å². The van der Waals surface area contributed by atoms with Crippen LogP contribution in [-0.2, 0) is 17.8 Å². The molecule has 1 aromatic heterocycles. The SMILES string of the molecule is O=C(Cc1cccc(F)c1)Nc1cccc(Cn2[nH]c(=O)ccc2=O)c1. The van der Waals surface area contributed by atoms with Crippen molar-refractivity contribution in [2.45, 2.75) is 13.0 Å². The summed E-state index contributed by atoms with van der Waals surface area (Å²) in [5.41, 5.74) is 1.16. The van der Waals surface area contributed by atoms with Gasteiger partial charge in [0, 0.05) is 17.8 Å². The Hall–Kier alpha value is -3.48. The van der Waals surface area contributed by atoms with Crippen molar-refractivity contribution in [3.05, 3.63) is 98.3 Å². The molecular weight excluding hydrogens is 337 g/mol. The number of nitrogens with zero attached hydrogens (tertiary/aromatic N) is 1. The smallest absolute Gasteiger partial charge is 0.265 e. The fraction of sp³-hybridized carbons (Fsp3) is 0.105. The van der Waals surface area contributed by atoms with Crippen LogP contribution in [-0.4, -0.2) is 15.7 Å². The molecule has 2 aromatic carbocycles. The van der Waals surface area contributed by atoms with Gasteiger partial charge in [0.15, 0.2) is 0 Å². The van der Waals surface area contributed by atoms with Gasteiger partial charge in [0.1, 0.15) is 5.82 Å². The first-order chi connectivity index (χ1) is 12.5. The predicted octanol–water partition coefficient (Wildman–Crippen LogP) is 1.91. The van der Waals surface area contributed by atoms with Crippen molar-refractivity contribution in [2.75, 3.05) is 5.32 Å². The van der Waals surface area contributed by atoms with Crippen LogP contribution in [0.1, 0.15) is 11.1 Å². The van der Waals surface area contributed by atoms with Crippen LogP contribution >= 0.6 is 0 Å². The second kappa shape index (κ2) is 7.60. The van der Waals surface area contributed by atoms with Crippen LogP contribution in [0, 0.1) is 5.82 Å². The van der Waals surface area contributed by atoms with E-state index in [4.69, 9.17) is 0 Å². The summed E-state index contributed by atoms with van der Waals surface area (Å²) in [4.78, 5) is 35.2. The van der Waals surface area contributed by atoms with Crippen molar-refractivity contribution in [3.63, 3.8) is 0 Å². The summed E-state index contributed by atoms with van der Waals surface area (Å²) in [5, 5.41) is 5.19. The van der Waals surface area contributed by atoms with Crippen molar-refractivity contribution in [2.24, 2.45) is 0 Å². The van der Waals surface area contributed by atoms with E-state index in [-0.39, 0.29) is 35.8 Å². The lowest BCUT2D eigenvalue weighted by Crippen LogP contribution is -2.28. The number of hydrogen-bond acceptors (Lipinski definition) is 3. The largest absolute Gasteiger partial charge is 0.326 e. The van der Waals surface area contributed by atoms with Crippen LogP contribution in [0.25, 0.3) is 0 Å². The second-order valence-electron chi connectivity index (χ2n) is 5.79. The number of benzene rings is 2. The Balaban J connectivity index is 1.71. The third-order valence-electron chi connectivity index (χ3n) is 3.69. The van der Waals surface area contributed by atoms with Crippen molar-refractivity contribution < 1.29 is 9.18 Å². The van der Waals surface area contributed by atoms with E-state index in [2.05, 4.69) is 10.4 Å². The first-order valence-corrected chi connectivity index (χ1v) is 7.93. The van der Waals surface area contributed by atoms with E-state index >= 15 is 0 Å². The van der Waals surface area contributed by atoms with Gasteiger partial charge in [-0.3, -0.25) is 19.5 Å². The van der Waals surface area contributed by atoms with Gasteiger partial charge in [-0.1, -0.05) is 24.3 Å². The van der Waals surface area contributed by atoms with Crippen molar-refractivity contribution >= 4 is 11.6 Å². The van der Waals surface area contributed by atoms with Crippen LogP contribution in [0.4, 0.5) is 10.1 Å². The molecule has 0 radical (unpaired) electrons. The Morgan fingerprint density at radius 3 is 2.58 bits per heavy atom. The summed E-state index contributed by atoms with van der Waals surface area (Å²) in [5.74, 6) is -0.669. The molecule has 132 valence electrons. The highest BCUT2D eigenvalue weighted by Gasteiger charge is 2.06. The quantitative estimate of drug-likeness (QED) is 0.735. The van der Waals surface area contributed by atoms with Gasteiger partial charge >= 0.3 is 0 Å². The summed E-state index contributed by atoms with van der Waals surface area (Å²) in [6.45, 7) is 0.169. The highest BCUT2D eigenvalue weighted by atomic mass is 19.1. The van der Waals surface area contributed by atoms with E-state index in [1.807, 2.05) is 0 Å². The summed E-state index contributed by atoms with van der Waals surface area (Å²) in [6.07, 6.45) is 0.0491. The first-order valence-electron chi connectivity index (χ1n) is 7.93. The van der Waals surface area contributed by atoms with Crippen LogP contribution in [0.5, 0.6) is 0 Å². The summed E-state index contributed by atoms with van der Waals surface area (Å²) in [6, 6.07) is 15.2. The number of nitrogens with one attached hydrogen (secondary N) is 2. The Morgan fingerprint density at radius 2 is 1.77 bits per heavy atom. The Kier molecular flexibility index (Phi) is 5.07. The number of carbonyl (C=O) groups excluding carboxylic acids is 1. The molecule has 1 amide bonds. The third-order valence-corrected chi connectivity index (χ3v) is 3.69. The monoisotopic (exact) mass is 353 g/mol. The number of halogens is 1. The molecular formula is C19H16FN3O3. The highest BCUT2D eigenvalue weighted by molar-refractivity contribution is 5.92. The number of carbonyl (C=O) groups is 1. The fourth-order valence-corrected chi connectivity index (χ4v) is 2.55. The first kappa shape index (κ1) is 17.3. The predicted molar refractivity (Wildman–Crippen MR) is 95.6 cm³/mol. The number of rotatable bonds is 5. The van der Waals surface area contributed by atoms with Crippen molar-refractivity contribution in [3.8, 4) is 0 Å². The minimum absolute atomic E-state index is 0.0491. The van der Waals surface area contributed by atoms with Crippen LogP contribution in [0.15, 0.2) is 70.3 Å². The molecule has 1 heterocycles. The lowest BCUT2D eigenvalue weighted by molar-refractivity contribution is -0.115. The van der Waals surface area contributed by atoms with Gasteiger partial charge < -0.3 is 5.32 Å². The van der Waals surface area contributed by atoms with E-state index in [1.54, 1.807) is 36.4 Å². The molecule has 0 spiro atoms. The number of aromatic nitrogens is 2. The average molecular weight is 353 g/mol. The minimum Gasteiger partial charge on any atom is -0.326 e. The highest BCUT2D eigenvalue weighted by Crippen LogP contribution is 2.12. The molecule has 0 aliphatic heterocycles. The Bertz CT molecular complexity index is 1060. The van der Waals surface area contributed by atoms with Gasteiger partial charge in [0.25, 0.3) is 11.1 Å². The van der Waals surface area contributed by atoms with Gasteiger partial charge in [-0.25, -0.2) is 9.07 Å². The molecule has 0 atom stereocenters. The van der Waals surface area contributed by atoms with Crippen molar-refractivity contribution in [1.29, 1.82) is 0 Å². The maximum Gasteiger partial charge on any atom is 0.265 e. The third kappa shape index (κ3) is 4.54. The molecule has 6 nitrogen and oxygen atoms in total. The molecule has 0 fully saturated rings. The van der Waals surface area contributed by atoms with E-state index in [0.29, 0.717) is 11.3 Å². The molecule has 0 saturated heterocycles. The number of amides is 1. The molecule has 3 rings (SSSR count). The average Bonchev–Trinajstić information content (AvgIpc) is 2.58. The molecule has 0 saturated carbocycles. The van der Waals surface area contributed by atoms with Gasteiger partial charge in [-0.2, -0.15) is 0 Å². The number of H-pyrrole nitrogens is 1. The maximum absolute atomic E-state index is 13.2. The van der Waals surface area contributed by atoms with E-state index in [1.165, 1.54) is 28.9 Å². The molecule has 2 N–H and O–H groups in total. The Morgan fingerprint density at radius 1 is 1.00 bits per heavy atom. The fourth-order valence-electron chi connectivity index (χ4n) is 2.55. The summed E-state index contributed by atoms with van der Waals surface area (Å²) >= 11 is 0. The molecule has 3 aromatic rings. The van der Waals surface area contributed by atoms with Crippen molar-refractivity contribution in [1.82, 2.24) is 9.78 Å². The van der Waals surface area contributed by atoms with Gasteiger partial charge in [-0.05, 0) is 35.4 Å². The molecule has 0 aliphatic carbocycles. The topological polar surface area (TPSA) is 84.0 Å². The van der Waals surface area contributed by atoms with Crippen LogP contribution in [0.3, 0.4) is 0 Å².